The van der Waals surface area contributed by atoms with E-state index in [2.05, 4.69) is 20.9 Å². The van der Waals surface area contributed by atoms with Crippen molar-refractivity contribution in [3.63, 3.8) is 0 Å². The quantitative estimate of drug-likeness (QED) is 0.903. The van der Waals surface area contributed by atoms with Gasteiger partial charge in [0, 0.05) is 30.1 Å². The molecule has 2 heterocycles. The third-order valence-electron chi connectivity index (χ3n) is 3.01. The van der Waals surface area contributed by atoms with Crippen molar-refractivity contribution in [2.24, 2.45) is 0 Å². The number of hydrogen-bond donors (Lipinski definition) is 1. The molecule has 0 aliphatic carbocycles. The smallest absolute Gasteiger partial charge is 0.314 e. The molecule has 0 spiro atoms. The molecule has 0 unspecified atom stereocenters. The zero-order chi connectivity index (χ0) is 11.6. The topological polar surface area (TPSA) is 59.4 Å². The minimum absolute atomic E-state index is 0.485. The van der Waals surface area contributed by atoms with Crippen LogP contribution in [0, 0.1) is 0 Å². The molecule has 1 aromatic heterocycles. The van der Waals surface area contributed by atoms with E-state index in [0.29, 0.717) is 26.1 Å². The van der Waals surface area contributed by atoms with E-state index in [1.54, 1.807) is 12.4 Å². The van der Waals surface area contributed by atoms with Crippen LogP contribution in [0.2, 0.25) is 0 Å². The maximum Gasteiger partial charge on any atom is 0.314 e. The molecule has 86 valence electrons. The Balaban J connectivity index is 2.42. The number of carbonyl (C=O) groups is 1. The molecule has 1 fully saturated rings. The van der Waals surface area contributed by atoms with Gasteiger partial charge in [-0.3, -0.25) is 9.78 Å². The number of hydrogen-bond acceptors (Lipinski definition) is 3. The highest BCUT2D eigenvalue weighted by molar-refractivity contribution is 9.10. The van der Waals surface area contributed by atoms with E-state index < -0.39 is 11.4 Å². The van der Waals surface area contributed by atoms with Gasteiger partial charge in [0.15, 0.2) is 0 Å². The summed E-state index contributed by atoms with van der Waals surface area (Å²) in [5.41, 5.74) is -0.0904. The molecular weight excluding hydrogens is 274 g/mol. The van der Waals surface area contributed by atoms with Gasteiger partial charge in [-0.2, -0.15) is 0 Å². The highest BCUT2D eigenvalue weighted by atomic mass is 79.9. The van der Waals surface area contributed by atoms with E-state index in [-0.39, 0.29) is 0 Å². The molecule has 0 radical (unpaired) electrons. The second kappa shape index (κ2) is 4.51. The molecule has 0 amide bonds. The SMILES string of the molecule is O=C(O)C1(c2cncc(Br)c2)CCOCC1. The summed E-state index contributed by atoms with van der Waals surface area (Å²) in [5.74, 6) is -0.796. The van der Waals surface area contributed by atoms with Crippen LogP contribution in [0.25, 0.3) is 0 Å². The van der Waals surface area contributed by atoms with E-state index in [0.717, 1.165) is 10.0 Å². The molecule has 0 atom stereocenters. The standard InChI is InChI=1S/C11H12BrNO3/c12-9-5-8(6-13-7-9)11(10(14)15)1-3-16-4-2-11/h5-7H,1-4H2,(H,14,15). The monoisotopic (exact) mass is 285 g/mol. The van der Waals surface area contributed by atoms with Gasteiger partial charge in [0.2, 0.25) is 0 Å². The molecule has 1 saturated heterocycles. The third kappa shape index (κ3) is 1.97. The largest absolute Gasteiger partial charge is 0.481 e. The first kappa shape index (κ1) is 11.5. The first-order valence-electron chi connectivity index (χ1n) is 5.07. The Bertz CT molecular complexity index is 402. The zero-order valence-electron chi connectivity index (χ0n) is 8.65. The summed E-state index contributed by atoms with van der Waals surface area (Å²) in [6.07, 6.45) is 4.28. The molecule has 0 saturated carbocycles. The fraction of sp³-hybridized carbons (Fsp3) is 0.455. The van der Waals surface area contributed by atoms with E-state index in [1.807, 2.05) is 6.07 Å². The van der Waals surface area contributed by atoms with E-state index in [1.165, 1.54) is 0 Å². The molecule has 0 aromatic carbocycles. The molecule has 1 aromatic rings. The number of carboxylic acids is 1. The zero-order valence-corrected chi connectivity index (χ0v) is 10.2. The number of aromatic nitrogens is 1. The lowest BCUT2D eigenvalue weighted by Gasteiger charge is -2.33. The first-order chi connectivity index (χ1) is 7.65. The Labute approximate surface area is 102 Å². The van der Waals surface area contributed by atoms with Gasteiger partial charge >= 0.3 is 5.97 Å². The van der Waals surface area contributed by atoms with Gasteiger partial charge in [-0.25, -0.2) is 0 Å². The van der Waals surface area contributed by atoms with Crippen molar-refractivity contribution in [1.29, 1.82) is 0 Å². The van der Waals surface area contributed by atoms with Gasteiger partial charge in [0.05, 0.1) is 5.41 Å². The van der Waals surface area contributed by atoms with Crippen molar-refractivity contribution in [3.8, 4) is 0 Å². The van der Waals surface area contributed by atoms with Gasteiger partial charge in [0.1, 0.15) is 0 Å². The van der Waals surface area contributed by atoms with E-state index in [4.69, 9.17) is 4.74 Å². The average Bonchev–Trinajstić information content (AvgIpc) is 2.30. The van der Waals surface area contributed by atoms with Gasteiger partial charge in [-0.1, -0.05) is 0 Å². The highest BCUT2D eigenvalue weighted by Gasteiger charge is 2.42. The van der Waals surface area contributed by atoms with Crippen LogP contribution in [0.5, 0.6) is 0 Å². The lowest BCUT2D eigenvalue weighted by Crippen LogP contribution is -2.41. The maximum absolute atomic E-state index is 11.5. The molecule has 1 aliphatic heterocycles. The van der Waals surface area contributed by atoms with Crippen molar-refractivity contribution in [2.75, 3.05) is 13.2 Å². The highest BCUT2D eigenvalue weighted by Crippen LogP contribution is 2.35. The molecule has 5 heteroatoms. The fourth-order valence-electron chi connectivity index (χ4n) is 2.02. The second-order valence-electron chi connectivity index (χ2n) is 3.89. The molecule has 1 N–H and O–H groups in total. The molecule has 0 bridgehead atoms. The summed E-state index contributed by atoms with van der Waals surface area (Å²) < 4.78 is 6.03. The van der Waals surface area contributed by atoms with Gasteiger partial charge in [0.25, 0.3) is 0 Å². The number of ether oxygens (including phenoxy) is 1. The summed E-state index contributed by atoms with van der Waals surface area (Å²) in [5, 5.41) is 9.43. The average molecular weight is 286 g/mol. The second-order valence-corrected chi connectivity index (χ2v) is 4.81. The van der Waals surface area contributed by atoms with Gasteiger partial charge in [-0.15, -0.1) is 0 Å². The molecule has 16 heavy (non-hydrogen) atoms. The van der Waals surface area contributed by atoms with Gasteiger partial charge < -0.3 is 9.84 Å². The predicted molar refractivity (Wildman–Crippen MR) is 61.3 cm³/mol. The number of halogens is 1. The summed E-state index contributed by atoms with van der Waals surface area (Å²) in [4.78, 5) is 15.5. The van der Waals surface area contributed by atoms with Crippen LogP contribution in [0.15, 0.2) is 22.9 Å². The van der Waals surface area contributed by atoms with Crippen LogP contribution in [-0.4, -0.2) is 29.3 Å². The first-order valence-corrected chi connectivity index (χ1v) is 5.87. The molecular formula is C11H12BrNO3. The van der Waals surface area contributed by atoms with Crippen molar-refractivity contribution in [1.82, 2.24) is 4.98 Å². The minimum Gasteiger partial charge on any atom is -0.481 e. The van der Waals surface area contributed by atoms with Crippen LogP contribution in [0.3, 0.4) is 0 Å². The summed E-state index contributed by atoms with van der Waals surface area (Å²) in [6, 6.07) is 1.83. The van der Waals surface area contributed by atoms with Crippen LogP contribution < -0.4 is 0 Å². The lowest BCUT2D eigenvalue weighted by molar-refractivity contribution is -0.147. The summed E-state index contributed by atoms with van der Waals surface area (Å²) in [6.45, 7) is 0.970. The summed E-state index contributed by atoms with van der Waals surface area (Å²) in [7, 11) is 0. The Morgan fingerprint density at radius 2 is 2.12 bits per heavy atom. The number of rotatable bonds is 2. The molecule has 1 aliphatic rings. The molecule has 2 rings (SSSR count). The maximum atomic E-state index is 11.5. The van der Waals surface area contributed by atoms with Crippen molar-refractivity contribution in [3.05, 3.63) is 28.5 Å². The normalized spacial score (nSPS) is 19.3. The number of nitrogens with zero attached hydrogens (tertiary/aromatic N) is 1. The lowest BCUT2D eigenvalue weighted by atomic mass is 9.75. The Morgan fingerprint density at radius 3 is 2.69 bits per heavy atom. The Hall–Kier alpha value is -0.940. The van der Waals surface area contributed by atoms with Crippen molar-refractivity contribution < 1.29 is 14.6 Å². The number of pyridine rings is 1. The minimum atomic E-state index is -0.838. The van der Waals surface area contributed by atoms with Crippen molar-refractivity contribution in [2.45, 2.75) is 18.3 Å². The third-order valence-corrected chi connectivity index (χ3v) is 3.45. The van der Waals surface area contributed by atoms with Crippen LogP contribution in [0.1, 0.15) is 18.4 Å². The number of aliphatic carboxylic acids is 1. The van der Waals surface area contributed by atoms with E-state index >= 15 is 0 Å². The Morgan fingerprint density at radius 1 is 1.44 bits per heavy atom. The van der Waals surface area contributed by atoms with Crippen LogP contribution >= 0.6 is 15.9 Å². The van der Waals surface area contributed by atoms with Crippen LogP contribution in [-0.2, 0) is 14.9 Å². The number of carboxylic acid groups (broad SMARTS) is 1. The fourth-order valence-corrected chi connectivity index (χ4v) is 2.38. The van der Waals surface area contributed by atoms with E-state index in [9.17, 15) is 9.90 Å². The van der Waals surface area contributed by atoms with Crippen LogP contribution in [0.4, 0.5) is 0 Å². The summed E-state index contributed by atoms with van der Waals surface area (Å²) >= 11 is 3.32. The predicted octanol–water partition coefficient (Wildman–Crippen LogP) is 1.98. The molecule has 4 nitrogen and oxygen atoms in total. The van der Waals surface area contributed by atoms with Crippen molar-refractivity contribution >= 4 is 21.9 Å². The van der Waals surface area contributed by atoms with Gasteiger partial charge in [-0.05, 0) is 40.4 Å². The Kier molecular flexibility index (Phi) is 3.25.